The highest BCUT2D eigenvalue weighted by molar-refractivity contribution is 5.31. The van der Waals surface area contributed by atoms with Crippen molar-refractivity contribution in [1.29, 1.82) is 0 Å². The lowest BCUT2D eigenvalue weighted by Crippen LogP contribution is -2.05. The van der Waals surface area contributed by atoms with E-state index in [9.17, 15) is 0 Å². The van der Waals surface area contributed by atoms with Crippen molar-refractivity contribution < 1.29 is 9.47 Å². The fourth-order valence-electron chi connectivity index (χ4n) is 1.77. The van der Waals surface area contributed by atoms with Crippen molar-refractivity contribution in [2.24, 2.45) is 0 Å². The Labute approximate surface area is 119 Å². The fourth-order valence-corrected chi connectivity index (χ4v) is 1.77. The van der Waals surface area contributed by atoms with Crippen LogP contribution in [0.5, 0.6) is 11.6 Å². The van der Waals surface area contributed by atoms with Crippen molar-refractivity contribution in [3.63, 3.8) is 0 Å². The Morgan fingerprint density at radius 2 is 2.05 bits per heavy atom. The van der Waals surface area contributed by atoms with Crippen molar-refractivity contribution in [1.82, 2.24) is 9.97 Å². The highest BCUT2D eigenvalue weighted by atomic mass is 16.5. The molecule has 2 aromatic rings. The maximum atomic E-state index is 5.71. The summed E-state index contributed by atoms with van der Waals surface area (Å²) >= 11 is 0. The van der Waals surface area contributed by atoms with Gasteiger partial charge in [-0.15, -0.1) is 0 Å². The minimum Gasteiger partial charge on any atom is -0.497 e. The Morgan fingerprint density at radius 1 is 1.20 bits per heavy atom. The predicted molar refractivity (Wildman–Crippen MR) is 78.3 cm³/mol. The quantitative estimate of drug-likeness (QED) is 0.877. The zero-order chi connectivity index (χ0) is 14.4. The van der Waals surface area contributed by atoms with Crippen LogP contribution in [0.2, 0.25) is 0 Å². The summed E-state index contributed by atoms with van der Waals surface area (Å²) in [6.07, 6.45) is 0. The number of nitrogens with zero attached hydrogens (tertiary/aromatic N) is 2. The number of rotatable bonds is 6. The van der Waals surface area contributed by atoms with Gasteiger partial charge in [0.25, 0.3) is 0 Å². The Hall–Kier alpha value is -2.30. The van der Waals surface area contributed by atoms with Gasteiger partial charge in [-0.1, -0.05) is 12.1 Å². The van der Waals surface area contributed by atoms with Gasteiger partial charge < -0.3 is 14.8 Å². The maximum absolute atomic E-state index is 5.71. The zero-order valence-corrected chi connectivity index (χ0v) is 12.0. The van der Waals surface area contributed by atoms with Crippen molar-refractivity contribution >= 4 is 5.95 Å². The lowest BCUT2D eigenvalue weighted by Gasteiger charge is -2.09. The van der Waals surface area contributed by atoms with Crippen molar-refractivity contribution in [2.45, 2.75) is 20.5 Å². The highest BCUT2D eigenvalue weighted by Gasteiger charge is 2.03. The number of methoxy groups -OCH3 is 1. The van der Waals surface area contributed by atoms with E-state index in [1.807, 2.05) is 44.2 Å². The summed E-state index contributed by atoms with van der Waals surface area (Å²) in [7, 11) is 1.65. The summed E-state index contributed by atoms with van der Waals surface area (Å²) in [5, 5.41) is 3.08. The monoisotopic (exact) mass is 273 g/mol. The van der Waals surface area contributed by atoms with Gasteiger partial charge in [-0.05, 0) is 31.5 Å². The van der Waals surface area contributed by atoms with E-state index in [0.29, 0.717) is 18.4 Å². The van der Waals surface area contributed by atoms with Crippen LogP contribution in [0.15, 0.2) is 30.3 Å². The van der Waals surface area contributed by atoms with Gasteiger partial charge in [0.15, 0.2) is 0 Å². The van der Waals surface area contributed by atoms with Crippen LogP contribution in [0.4, 0.5) is 5.95 Å². The average Bonchev–Trinajstić information content (AvgIpc) is 2.45. The van der Waals surface area contributed by atoms with E-state index >= 15 is 0 Å². The number of anilines is 1. The van der Waals surface area contributed by atoms with Gasteiger partial charge in [0.05, 0.1) is 7.11 Å². The molecular formula is C15H19N3O2. The van der Waals surface area contributed by atoms with E-state index in [4.69, 9.17) is 9.47 Å². The second-order valence-electron chi connectivity index (χ2n) is 4.34. The fraction of sp³-hybridized carbons (Fsp3) is 0.333. The topological polar surface area (TPSA) is 56.3 Å². The van der Waals surface area contributed by atoms with Gasteiger partial charge in [0, 0.05) is 18.3 Å². The molecule has 5 heteroatoms. The lowest BCUT2D eigenvalue weighted by molar-refractivity contribution is 0.292. The average molecular weight is 273 g/mol. The first kappa shape index (κ1) is 14.1. The van der Waals surface area contributed by atoms with Crippen LogP contribution in [-0.2, 0) is 6.61 Å². The van der Waals surface area contributed by atoms with E-state index in [1.54, 1.807) is 7.11 Å². The second-order valence-corrected chi connectivity index (χ2v) is 4.34. The molecule has 2 rings (SSSR count). The molecular weight excluding hydrogens is 254 g/mol. The second kappa shape index (κ2) is 6.75. The molecule has 0 unspecified atom stereocenters. The number of aryl methyl sites for hydroxylation is 1. The molecule has 1 N–H and O–H groups in total. The number of aromatic nitrogens is 2. The molecule has 106 valence electrons. The van der Waals surface area contributed by atoms with Gasteiger partial charge in [-0.3, -0.25) is 0 Å². The molecule has 0 aliphatic heterocycles. The summed E-state index contributed by atoms with van der Waals surface area (Å²) in [6.45, 7) is 5.14. The van der Waals surface area contributed by atoms with Crippen molar-refractivity contribution in [2.75, 3.05) is 19.0 Å². The third-order valence-corrected chi connectivity index (χ3v) is 2.69. The molecule has 0 saturated carbocycles. The van der Waals surface area contributed by atoms with Crippen LogP contribution in [0.3, 0.4) is 0 Å². The molecule has 1 aromatic heterocycles. The minimum absolute atomic E-state index is 0.444. The number of ether oxygens (including phenoxy) is 2. The Bertz CT molecular complexity index is 573. The first-order chi connectivity index (χ1) is 9.71. The lowest BCUT2D eigenvalue weighted by atomic mass is 10.2. The van der Waals surface area contributed by atoms with Crippen LogP contribution < -0.4 is 14.8 Å². The summed E-state index contributed by atoms with van der Waals surface area (Å²) in [5.74, 6) is 1.97. The Morgan fingerprint density at radius 3 is 2.80 bits per heavy atom. The predicted octanol–water partition coefficient (Wildman–Crippen LogP) is 2.80. The summed E-state index contributed by atoms with van der Waals surface area (Å²) in [6, 6.07) is 9.59. The first-order valence-corrected chi connectivity index (χ1v) is 6.56. The van der Waals surface area contributed by atoms with Crippen molar-refractivity contribution in [3.8, 4) is 11.6 Å². The van der Waals surface area contributed by atoms with Gasteiger partial charge in [0.2, 0.25) is 11.8 Å². The summed E-state index contributed by atoms with van der Waals surface area (Å²) in [4.78, 5) is 8.59. The molecule has 0 bridgehead atoms. The van der Waals surface area contributed by atoms with Crippen molar-refractivity contribution in [3.05, 3.63) is 41.6 Å². The molecule has 1 heterocycles. The number of benzene rings is 1. The maximum Gasteiger partial charge on any atom is 0.226 e. The van der Waals surface area contributed by atoms with E-state index in [0.717, 1.165) is 23.6 Å². The van der Waals surface area contributed by atoms with Crippen LogP contribution in [0, 0.1) is 6.92 Å². The standard InChI is InChI=1S/C15H19N3O2/c1-4-16-15-17-11(2)8-14(18-15)20-10-12-6-5-7-13(9-12)19-3/h5-9H,4,10H2,1-3H3,(H,16,17,18). The van der Waals surface area contributed by atoms with Crippen LogP contribution in [0.25, 0.3) is 0 Å². The van der Waals surface area contributed by atoms with Gasteiger partial charge in [-0.2, -0.15) is 4.98 Å². The number of hydrogen-bond acceptors (Lipinski definition) is 5. The Kier molecular flexibility index (Phi) is 4.76. The highest BCUT2D eigenvalue weighted by Crippen LogP contribution is 2.16. The van der Waals surface area contributed by atoms with Gasteiger partial charge >= 0.3 is 0 Å². The van der Waals surface area contributed by atoms with Gasteiger partial charge in [-0.25, -0.2) is 4.98 Å². The summed E-state index contributed by atoms with van der Waals surface area (Å²) < 4.78 is 10.9. The first-order valence-electron chi connectivity index (χ1n) is 6.56. The number of nitrogens with one attached hydrogen (secondary N) is 1. The van der Waals surface area contributed by atoms with E-state index in [2.05, 4.69) is 15.3 Å². The molecule has 0 saturated heterocycles. The van der Waals surface area contributed by atoms with Gasteiger partial charge in [0.1, 0.15) is 12.4 Å². The van der Waals surface area contributed by atoms with E-state index in [-0.39, 0.29) is 0 Å². The molecule has 0 aliphatic rings. The largest absolute Gasteiger partial charge is 0.497 e. The van der Waals surface area contributed by atoms with E-state index in [1.165, 1.54) is 0 Å². The molecule has 0 atom stereocenters. The molecule has 5 nitrogen and oxygen atoms in total. The molecule has 0 aliphatic carbocycles. The molecule has 0 radical (unpaired) electrons. The Balaban J connectivity index is 2.06. The normalized spacial score (nSPS) is 10.2. The minimum atomic E-state index is 0.444. The SMILES string of the molecule is CCNc1nc(C)cc(OCc2cccc(OC)c2)n1. The van der Waals surface area contributed by atoms with Crippen LogP contribution >= 0.6 is 0 Å². The van der Waals surface area contributed by atoms with Crippen LogP contribution in [0.1, 0.15) is 18.2 Å². The third-order valence-electron chi connectivity index (χ3n) is 2.69. The molecule has 1 aromatic carbocycles. The van der Waals surface area contributed by atoms with Crippen LogP contribution in [-0.4, -0.2) is 23.6 Å². The number of hydrogen-bond donors (Lipinski definition) is 1. The van der Waals surface area contributed by atoms with E-state index < -0.39 is 0 Å². The smallest absolute Gasteiger partial charge is 0.226 e. The zero-order valence-electron chi connectivity index (χ0n) is 12.0. The molecule has 0 spiro atoms. The third kappa shape index (κ3) is 3.85. The molecule has 0 amide bonds. The summed E-state index contributed by atoms with van der Waals surface area (Å²) in [5.41, 5.74) is 1.90. The molecule has 20 heavy (non-hydrogen) atoms. The molecule has 0 fully saturated rings.